The number of fused-ring (bicyclic) bond motifs is 1. The number of halogens is 1. The SMILES string of the molecule is CC1=C(C(=O)Nc2ccc(Cl)cc2)[C@H](c2cccc3ccccc23)NC(=O)N1. The first-order chi connectivity index (χ1) is 13.5. The molecule has 1 aliphatic heterocycles. The highest BCUT2D eigenvalue weighted by Gasteiger charge is 2.32. The molecule has 0 bridgehead atoms. The molecule has 0 radical (unpaired) electrons. The minimum Gasteiger partial charge on any atom is -0.327 e. The average molecular weight is 392 g/mol. The summed E-state index contributed by atoms with van der Waals surface area (Å²) >= 11 is 5.92. The van der Waals surface area contributed by atoms with Crippen LogP contribution in [0.15, 0.2) is 78.0 Å². The van der Waals surface area contributed by atoms with E-state index in [0.29, 0.717) is 22.0 Å². The van der Waals surface area contributed by atoms with Gasteiger partial charge < -0.3 is 16.0 Å². The third-order valence-electron chi connectivity index (χ3n) is 4.75. The van der Waals surface area contributed by atoms with Gasteiger partial charge in [0.1, 0.15) is 0 Å². The van der Waals surface area contributed by atoms with Crippen LogP contribution in [-0.4, -0.2) is 11.9 Å². The van der Waals surface area contributed by atoms with Crippen molar-refractivity contribution in [3.8, 4) is 0 Å². The van der Waals surface area contributed by atoms with Crippen LogP contribution in [0.25, 0.3) is 10.8 Å². The van der Waals surface area contributed by atoms with Gasteiger partial charge in [-0.05, 0) is 47.5 Å². The molecule has 3 aromatic rings. The van der Waals surface area contributed by atoms with E-state index < -0.39 is 6.04 Å². The third kappa shape index (κ3) is 3.44. The lowest BCUT2D eigenvalue weighted by atomic mass is 9.91. The molecule has 0 aromatic heterocycles. The van der Waals surface area contributed by atoms with E-state index in [2.05, 4.69) is 16.0 Å². The number of carbonyl (C=O) groups excluding carboxylic acids is 2. The van der Waals surface area contributed by atoms with Crippen LogP contribution in [0.3, 0.4) is 0 Å². The molecule has 4 rings (SSSR count). The summed E-state index contributed by atoms with van der Waals surface area (Å²) in [7, 11) is 0. The predicted molar refractivity (Wildman–Crippen MR) is 111 cm³/mol. The smallest absolute Gasteiger partial charge is 0.319 e. The number of nitrogens with one attached hydrogen (secondary N) is 3. The number of allylic oxidation sites excluding steroid dienone is 1. The molecule has 0 saturated heterocycles. The largest absolute Gasteiger partial charge is 0.327 e. The summed E-state index contributed by atoms with van der Waals surface area (Å²) < 4.78 is 0. The van der Waals surface area contributed by atoms with Crippen molar-refractivity contribution in [2.24, 2.45) is 0 Å². The molecule has 140 valence electrons. The van der Waals surface area contributed by atoms with Gasteiger partial charge in [0.25, 0.3) is 5.91 Å². The summed E-state index contributed by atoms with van der Waals surface area (Å²) in [4.78, 5) is 25.3. The van der Waals surface area contributed by atoms with Crippen LogP contribution < -0.4 is 16.0 Å². The number of urea groups is 1. The monoisotopic (exact) mass is 391 g/mol. The number of anilines is 1. The fourth-order valence-corrected chi connectivity index (χ4v) is 3.59. The van der Waals surface area contributed by atoms with E-state index in [-0.39, 0.29) is 11.9 Å². The molecule has 5 nitrogen and oxygen atoms in total. The van der Waals surface area contributed by atoms with E-state index >= 15 is 0 Å². The summed E-state index contributed by atoms with van der Waals surface area (Å²) in [6.45, 7) is 1.73. The molecule has 1 heterocycles. The second-order valence-corrected chi connectivity index (χ2v) is 7.04. The predicted octanol–water partition coefficient (Wildman–Crippen LogP) is 4.76. The van der Waals surface area contributed by atoms with E-state index in [9.17, 15) is 9.59 Å². The summed E-state index contributed by atoms with van der Waals surface area (Å²) in [6.07, 6.45) is 0. The Labute approximate surface area is 167 Å². The zero-order valence-electron chi connectivity index (χ0n) is 15.1. The Morgan fingerprint density at radius 2 is 1.71 bits per heavy atom. The number of benzene rings is 3. The van der Waals surface area contributed by atoms with Gasteiger partial charge in [-0.1, -0.05) is 54.1 Å². The lowest BCUT2D eigenvalue weighted by Crippen LogP contribution is -2.46. The second-order valence-electron chi connectivity index (χ2n) is 6.60. The molecule has 3 aromatic carbocycles. The highest BCUT2D eigenvalue weighted by atomic mass is 35.5. The molecule has 0 aliphatic carbocycles. The van der Waals surface area contributed by atoms with E-state index in [0.717, 1.165) is 16.3 Å². The van der Waals surface area contributed by atoms with Gasteiger partial charge in [-0.3, -0.25) is 4.79 Å². The summed E-state index contributed by atoms with van der Waals surface area (Å²) in [5.74, 6) is -0.287. The molecule has 28 heavy (non-hydrogen) atoms. The minimum absolute atomic E-state index is 0.287. The number of amides is 3. The molecule has 1 atom stereocenters. The maximum absolute atomic E-state index is 13.1. The first kappa shape index (κ1) is 18.1. The molecule has 0 spiro atoms. The van der Waals surface area contributed by atoms with Crippen molar-refractivity contribution < 1.29 is 9.59 Å². The Kier molecular flexibility index (Phi) is 4.75. The van der Waals surface area contributed by atoms with Crippen LogP contribution in [0.4, 0.5) is 10.5 Å². The van der Waals surface area contributed by atoms with Crippen LogP contribution in [0.1, 0.15) is 18.5 Å². The Morgan fingerprint density at radius 1 is 1.00 bits per heavy atom. The highest BCUT2D eigenvalue weighted by Crippen LogP contribution is 2.32. The maximum atomic E-state index is 13.1. The maximum Gasteiger partial charge on any atom is 0.319 e. The zero-order valence-corrected chi connectivity index (χ0v) is 15.9. The normalized spacial score (nSPS) is 16.5. The Balaban J connectivity index is 1.76. The van der Waals surface area contributed by atoms with Gasteiger partial charge in [-0.2, -0.15) is 0 Å². The summed E-state index contributed by atoms with van der Waals surface area (Å²) in [5.41, 5.74) is 2.48. The molecule has 0 saturated carbocycles. The van der Waals surface area contributed by atoms with Crippen LogP contribution >= 0.6 is 11.6 Å². The molecule has 6 heteroatoms. The van der Waals surface area contributed by atoms with E-state index in [1.54, 1.807) is 31.2 Å². The fourth-order valence-electron chi connectivity index (χ4n) is 3.46. The second kappa shape index (κ2) is 7.37. The molecule has 0 unspecified atom stereocenters. The van der Waals surface area contributed by atoms with Crippen LogP contribution in [0, 0.1) is 0 Å². The summed E-state index contributed by atoms with van der Waals surface area (Å²) in [6, 6.07) is 19.8. The lowest BCUT2D eigenvalue weighted by Gasteiger charge is -2.29. The fraction of sp³-hybridized carbons (Fsp3) is 0.0909. The Hall–Kier alpha value is -3.31. The Morgan fingerprint density at radius 3 is 2.50 bits per heavy atom. The van der Waals surface area contributed by atoms with Crippen LogP contribution in [-0.2, 0) is 4.79 Å². The first-order valence-electron chi connectivity index (χ1n) is 8.86. The molecule has 1 aliphatic rings. The van der Waals surface area contributed by atoms with Crippen molar-refractivity contribution in [1.29, 1.82) is 0 Å². The molecular formula is C22H18ClN3O2. The van der Waals surface area contributed by atoms with E-state index in [1.807, 2.05) is 42.5 Å². The minimum atomic E-state index is -0.563. The quantitative estimate of drug-likeness (QED) is 0.602. The van der Waals surface area contributed by atoms with E-state index in [1.165, 1.54) is 0 Å². The van der Waals surface area contributed by atoms with Crippen LogP contribution in [0.5, 0.6) is 0 Å². The van der Waals surface area contributed by atoms with Gasteiger partial charge in [0.15, 0.2) is 0 Å². The van der Waals surface area contributed by atoms with Crippen molar-refractivity contribution in [3.05, 3.63) is 88.6 Å². The topological polar surface area (TPSA) is 70.2 Å². The first-order valence-corrected chi connectivity index (χ1v) is 9.23. The number of rotatable bonds is 3. The molecular weight excluding hydrogens is 374 g/mol. The van der Waals surface area contributed by atoms with Gasteiger partial charge in [0.05, 0.1) is 11.6 Å². The molecule has 3 amide bonds. The van der Waals surface area contributed by atoms with Crippen molar-refractivity contribution >= 4 is 40.0 Å². The van der Waals surface area contributed by atoms with Crippen molar-refractivity contribution in [1.82, 2.24) is 10.6 Å². The average Bonchev–Trinajstić information content (AvgIpc) is 2.68. The number of hydrogen-bond acceptors (Lipinski definition) is 2. The standard InChI is InChI=1S/C22H18ClN3O2/c1-13-19(21(27)25-16-11-9-15(23)10-12-16)20(26-22(28)24-13)18-8-4-6-14-5-2-3-7-17(14)18/h2-12,20H,1H3,(H,25,27)(H2,24,26,28)/t20-/m0/s1. The van der Waals surface area contributed by atoms with Crippen molar-refractivity contribution in [3.63, 3.8) is 0 Å². The van der Waals surface area contributed by atoms with Gasteiger partial charge in [-0.25, -0.2) is 4.79 Å². The molecule has 0 fully saturated rings. The summed E-state index contributed by atoms with van der Waals surface area (Å²) in [5, 5.41) is 11.1. The van der Waals surface area contributed by atoms with Crippen molar-refractivity contribution in [2.45, 2.75) is 13.0 Å². The molecule has 3 N–H and O–H groups in total. The number of hydrogen-bond donors (Lipinski definition) is 3. The van der Waals surface area contributed by atoms with Gasteiger partial charge >= 0.3 is 6.03 Å². The lowest BCUT2D eigenvalue weighted by molar-refractivity contribution is -0.113. The van der Waals surface area contributed by atoms with Crippen LogP contribution in [0.2, 0.25) is 5.02 Å². The number of carbonyl (C=O) groups is 2. The van der Waals surface area contributed by atoms with Gasteiger partial charge in [-0.15, -0.1) is 0 Å². The Bertz CT molecular complexity index is 1100. The van der Waals surface area contributed by atoms with Gasteiger partial charge in [0.2, 0.25) is 0 Å². The van der Waals surface area contributed by atoms with Crippen molar-refractivity contribution in [2.75, 3.05) is 5.32 Å². The van der Waals surface area contributed by atoms with Gasteiger partial charge in [0, 0.05) is 16.4 Å². The van der Waals surface area contributed by atoms with E-state index in [4.69, 9.17) is 11.6 Å². The third-order valence-corrected chi connectivity index (χ3v) is 5.00. The highest BCUT2D eigenvalue weighted by molar-refractivity contribution is 6.30. The zero-order chi connectivity index (χ0) is 19.7.